The van der Waals surface area contributed by atoms with E-state index in [1.54, 1.807) is 10.6 Å². The first-order valence-electron chi connectivity index (χ1n) is 9.96. The molecule has 1 aromatic heterocycles. The molecule has 0 radical (unpaired) electrons. The lowest BCUT2D eigenvalue weighted by molar-refractivity contribution is -0.226. The molecule has 1 aliphatic rings. The van der Waals surface area contributed by atoms with Gasteiger partial charge >= 0.3 is 6.18 Å². The summed E-state index contributed by atoms with van der Waals surface area (Å²) in [4.78, 5) is 16.9. The molecule has 9 heteroatoms. The van der Waals surface area contributed by atoms with Crippen molar-refractivity contribution in [3.8, 4) is 0 Å². The first-order valence-corrected chi connectivity index (χ1v) is 9.96. The Morgan fingerprint density at radius 3 is 2.30 bits per heavy atom. The van der Waals surface area contributed by atoms with E-state index in [0.29, 0.717) is 11.1 Å². The highest BCUT2D eigenvalue weighted by molar-refractivity contribution is 5.93. The van der Waals surface area contributed by atoms with Crippen molar-refractivity contribution in [2.24, 2.45) is 11.3 Å². The average molecular weight is 429 g/mol. The van der Waals surface area contributed by atoms with Crippen LogP contribution in [0.4, 0.5) is 23.5 Å². The highest BCUT2D eigenvalue weighted by Gasteiger charge is 2.53. The summed E-state index contributed by atoms with van der Waals surface area (Å²) in [5.41, 5.74) is -2.79. The standard InChI is InChI=1S/C21H27F4N3O2/c1-11(19(2,3)21(23,24)25)17(29)27-18-26-16-14(22)9-12(20(4,5)30)10-15(16)28(18)13-7-6-8-13/h9-11,13,30H,6-8H2,1-5H3,(H,26,27,29). The van der Waals surface area contributed by atoms with Crippen LogP contribution >= 0.6 is 0 Å². The minimum absolute atomic E-state index is 0.00735. The number of hydrogen-bond donors (Lipinski definition) is 2. The molecule has 3 rings (SSSR count). The Morgan fingerprint density at radius 2 is 1.83 bits per heavy atom. The molecule has 1 unspecified atom stereocenters. The Morgan fingerprint density at radius 1 is 1.23 bits per heavy atom. The number of carbonyl (C=O) groups is 1. The van der Waals surface area contributed by atoms with Gasteiger partial charge in [0.2, 0.25) is 11.9 Å². The number of anilines is 1. The fourth-order valence-corrected chi connectivity index (χ4v) is 3.40. The van der Waals surface area contributed by atoms with Gasteiger partial charge in [0.05, 0.1) is 16.5 Å². The number of fused-ring (bicyclic) bond motifs is 1. The van der Waals surface area contributed by atoms with Crippen molar-refractivity contribution in [2.75, 3.05) is 5.32 Å². The monoisotopic (exact) mass is 429 g/mol. The van der Waals surface area contributed by atoms with Crippen molar-refractivity contribution in [3.05, 3.63) is 23.5 Å². The summed E-state index contributed by atoms with van der Waals surface area (Å²) < 4.78 is 56.5. The maximum atomic E-state index is 14.7. The Balaban J connectivity index is 2.06. The quantitative estimate of drug-likeness (QED) is 0.635. The predicted octanol–water partition coefficient (Wildman–Crippen LogP) is 5.29. The number of nitrogens with one attached hydrogen (secondary N) is 1. The number of halogens is 4. The lowest BCUT2D eigenvalue weighted by Crippen LogP contribution is -2.43. The molecule has 2 aromatic rings. The zero-order chi connectivity index (χ0) is 22.6. The zero-order valence-electron chi connectivity index (χ0n) is 17.7. The van der Waals surface area contributed by atoms with Crippen molar-refractivity contribution >= 4 is 22.9 Å². The number of hydrogen-bond acceptors (Lipinski definition) is 3. The molecule has 1 atom stereocenters. The van der Waals surface area contributed by atoms with E-state index in [9.17, 15) is 27.5 Å². The lowest BCUT2D eigenvalue weighted by Gasteiger charge is -2.33. The summed E-state index contributed by atoms with van der Waals surface area (Å²) >= 11 is 0. The molecule has 30 heavy (non-hydrogen) atoms. The molecule has 1 heterocycles. The maximum absolute atomic E-state index is 14.7. The Bertz CT molecular complexity index is 969. The van der Waals surface area contributed by atoms with E-state index in [0.717, 1.165) is 33.1 Å². The molecule has 5 nitrogen and oxygen atoms in total. The first-order chi connectivity index (χ1) is 13.6. The molecule has 0 aliphatic heterocycles. The van der Waals surface area contributed by atoms with Gasteiger partial charge in [0.25, 0.3) is 0 Å². The van der Waals surface area contributed by atoms with Gasteiger partial charge in [0.1, 0.15) is 5.52 Å². The van der Waals surface area contributed by atoms with Crippen LogP contribution in [0.25, 0.3) is 11.0 Å². The lowest BCUT2D eigenvalue weighted by atomic mass is 9.79. The van der Waals surface area contributed by atoms with Gasteiger partial charge in [-0.3, -0.25) is 10.1 Å². The molecule has 1 fully saturated rings. The third kappa shape index (κ3) is 3.79. The van der Waals surface area contributed by atoms with Gasteiger partial charge in [-0.05, 0) is 50.8 Å². The maximum Gasteiger partial charge on any atom is 0.394 e. The summed E-state index contributed by atoms with van der Waals surface area (Å²) in [6.07, 6.45) is -2.05. The van der Waals surface area contributed by atoms with Crippen LogP contribution in [-0.2, 0) is 10.4 Å². The topological polar surface area (TPSA) is 67.2 Å². The number of benzene rings is 1. The van der Waals surface area contributed by atoms with Crippen LogP contribution in [0.1, 0.15) is 65.5 Å². The van der Waals surface area contributed by atoms with Crippen LogP contribution in [0.5, 0.6) is 0 Å². The van der Waals surface area contributed by atoms with Crippen LogP contribution in [0.2, 0.25) is 0 Å². The van der Waals surface area contributed by atoms with Gasteiger partial charge in [-0.1, -0.05) is 20.8 Å². The van der Waals surface area contributed by atoms with E-state index < -0.39 is 34.8 Å². The summed E-state index contributed by atoms with van der Waals surface area (Å²) in [5, 5.41) is 12.8. The summed E-state index contributed by atoms with van der Waals surface area (Å²) in [6.45, 7) is 6.22. The number of amides is 1. The van der Waals surface area contributed by atoms with Gasteiger partial charge in [0.15, 0.2) is 5.82 Å². The van der Waals surface area contributed by atoms with Gasteiger partial charge in [-0.15, -0.1) is 0 Å². The van der Waals surface area contributed by atoms with E-state index in [4.69, 9.17) is 0 Å². The van der Waals surface area contributed by atoms with Gasteiger partial charge in [-0.25, -0.2) is 9.37 Å². The van der Waals surface area contributed by atoms with Crippen molar-refractivity contribution < 1.29 is 27.5 Å². The molecule has 166 valence electrons. The minimum atomic E-state index is -4.56. The predicted molar refractivity (Wildman–Crippen MR) is 105 cm³/mol. The van der Waals surface area contributed by atoms with Gasteiger partial charge < -0.3 is 9.67 Å². The second-order valence-corrected chi connectivity index (χ2v) is 9.21. The number of nitrogens with zero attached hydrogens (tertiary/aromatic N) is 2. The number of imidazole rings is 1. The highest BCUT2D eigenvalue weighted by atomic mass is 19.4. The molecule has 1 saturated carbocycles. The third-order valence-electron chi connectivity index (χ3n) is 6.34. The van der Waals surface area contributed by atoms with Crippen LogP contribution in [0.15, 0.2) is 12.1 Å². The molecule has 1 aromatic carbocycles. The fourth-order valence-electron chi connectivity index (χ4n) is 3.40. The van der Waals surface area contributed by atoms with Crippen molar-refractivity contribution in [3.63, 3.8) is 0 Å². The summed E-state index contributed by atoms with van der Waals surface area (Å²) in [5.74, 6) is -2.86. The summed E-state index contributed by atoms with van der Waals surface area (Å²) in [7, 11) is 0. The van der Waals surface area contributed by atoms with Crippen LogP contribution < -0.4 is 5.32 Å². The first kappa shape index (κ1) is 22.5. The molecule has 0 spiro atoms. The number of carbonyl (C=O) groups excluding carboxylic acids is 1. The molecule has 1 amide bonds. The number of aliphatic hydroxyl groups is 1. The minimum Gasteiger partial charge on any atom is -0.386 e. The Kier molecular flexibility index (Phi) is 5.42. The second-order valence-electron chi connectivity index (χ2n) is 9.21. The molecule has 1 aliphatic carbocycles. The molecular formula is C21H27F4N3O2. The Labute approximate surface area is 172 Å². The van der Waals surface area contributed by atoms with Crippen molar-refractivity contribution in [1.82, 2.24) is 9.55 Å². The molecule has 0 bridgehead atoms. The normalized spacial score (nSPS) is 17.1. The molecule has 2 N–H and O–H groups in total. The van der Waals surface area contributed by atoms with E-state index in [1.807, 2.05) is 0 Å². The number of aromatic nitrogens is 2. The van der Waals surface area contributed by atoms with Crippen molar-refractivity contribution in [1.29, 1.82) is 0 Å². The van der Waals surface area contributed by atoms with Crippen LogP contribution in [0, 0.1) is 17.2 Å². The summed E-state index contributed by atoms with van der Waals surface area (Å²) in [6, 6.07) is 2.75. The average Bonchev–Trinajstić information content (AvgIpc) is 2.89. The van der Waals surface area contributed by atoms with Gasteiger partial charge in [-0.2, -0.15) is 13.2 Å². The smallest absolute Gasteiger partial charge is 0.386 e. The highest BCUT2D eigenvalue weighted by Crippen LogP contribution is 2.44. The SMILES string of the molecule is CC(C(=O)Nc1nc2c(F)cc(C(C)(C)O)cc2n1C1CCC1)C(C)(C)C(F)(F)F. The van der Waals surface area contributed by atoms with E-state index in [-0.39, 0.29) is 17.5 Å². The number of alkyl halides is 3. The largest absolute Gasteiger partial charge is 0.394 e. The van der Waals surface area contributed by atoms with E-state index in [1.165, 1.54) is 26.8 Å². The Hall–Kier alpha value is -2.16. The number of rotatable bonds is 5. The third-order valence-corrected chi connectivity index (χ3v) is 6.34. The van der Waals surface area contributed by atoms with E-state index in [2.05, 4.69) is 10.3 Å². The van der Waals surface area contributed by atoms with E-state index >= 15 is 0 Å². The zero-order valence-corrected chi connectivity index (χ0v) is 17.7. The van der Waals surface area contributed by atoms with Crippen LogP contribution in [0.3, 0.4) is 0 Å². The molecular weight excluding hydrogens is 402 g/mol. The fraction of sp³-hybridized carbons (Fsp3) is 0.619. The molecule has 0 saturated heterocycles. The van der Waals surface area contributed by atoms with Crippen LogP contribution in [-0.4, -0.2) is 26.7 Å². The van der Waals surface area contributed by atoms with Crippen molar-refractivity contribution in [2.45, 2.75) is 71.7 Å². The second kappa shape index (κ2) is 7.21. The van der Waals surface area contributed by atoms with Gasteiger partial charge in [0, 0.05) is 12.0 Å².